The predicted molar refractivity (Wildman–Crippen MR) is 77.1 cm³/mol. The maximum absolute atomic E-state index is 12.1. The topological polar surface area (TPSA) is 61.8 Å². The van der Waals surface area contributed by atoms with Gasteiger partial charge in [0.05, 0.1) is 26.2 Å². The van der Waals surface area contributed by atoms with Gasteiger partial charge in [0.25, 0.3) is 0 Å². The van der Waals surface area contributed by atoms with E-state index in [4.69, 9.17) is 14.2 Å². The van der Waals surface area contributed by atoms with Gasteiger partial charge in [0, 0.05) is 25.0 Å². The Kier molecular flexibility index (Phi) is 5.75. The fraction of sp³-hybridized carbons (Fsp3) is 0.500. The van der Waals surface area contributed by atoms with Crippen LogP contribution in [0.3, 0.4) is 0 Å². The molecule has 0 bridgehead atoms. The van der Waals surface area contributed by atoms with E-state index in [1.165, 1.54) is 0 Å². The normalized spacial score (nSPS) is 13.6. The van der Waals surface area contributed by atoms with Gasteiger partial charge in [-0.1, -0.05) is 0 Å². The van der Waals surface area contributed by atoms with Crippen LogP contribution in [-0.2, 0) is 9.53 Å². The van der Waals surface area contributed by atoms with Gasteiger partial charge in [0.1, 0.15) is 5.78 Å². The SMILES string of the molecule is CCOCCC(=O)CC(=O)c1ccc2c(c1)OCCCO2. The summed E-state index contributed by atoms with van der Waals surface area (Å²) in [5.74, 6) is 0.902. The molecule has 5 nitrogen and oxygen atoms in total. The molecule has 1 aliphatic rings. The number of ether oxygens (including phenoxy) is 3. The molecule has 0 saturated carbocycles. The molecule has 0 aliphatic carbocycles. The van der Waals surface area contributed by atoms with Crippen LogP contribution >= 0.6 is 0 Å². The number of carbonyl (C=O) groups is 2. The second kappa shape index (κ2) is 7.78. The number of carbonyl (C=O) groups excluding carboxylic acids is 2. The van der Waals surface area contributed by atoms with Crippen molar-refractivity contribution in [3.8, 4) is 11.5 Å². The van der Waals surface area contributed by atoms with Crippen LogP contribution in [0.1, 0.15) is 36.5 Å². The highest BCUT2D eigenvalue weighted by Gasteiger charge is 2.16. The molecule has 0 atom stereocenters. The van der Waals surface area contributed by atoms with Crippen molar-refractivity contribution in [2.24, 2.45) is 0 Å². The zero-order chi connectivity index (χ0) is 15.1. The first-order valence-corrected chi connectivity index (χ1v) is 7.23. The Balaban J connectivity index is 1.96. The molecule has 0 unspecified atom stereocenters. The molecule has 1 aliphatic heterocycles. The Morgan fingerprint density at radius 3 is 2.71 bits per heavy atom. The number of rotatable bonds is 7. The molecule has 1 heterocycles. The number of ketones is 2. The van der Waals surface area contributed by atoms with Crippen molar-refractivity contribution in [3.63, 3.8) is 0 Å². The molecule has 21 heavy (non-hydrogen) atoms. The van der Waals surface area contributed by atoms with E-state index < -0.39 is 0 Å². The Morgan fingerprint density at radius 1 is 1.19 bits per heavy atom. The molecule has 5 heteroatoms. The molecule has 1 aromatic carbocycles. The maximum atomic E-state index is 12.1. The zero-order valence-corrected chi connectivity index (χ0v) is 12.2. The Bertz CT molecular complexity index is 509. The number of hydrogen-bond donors (Lipinski definition) is 0. The molecular weight excluding hydrogens is 272 g/mol. The summed E-state index contributed by atoms with van der Waals surface area (Å²) >= 11 is 0. The van der Waals surface area contributed by atoms with E-state index in [9.17, 15) is 9.59 Å². The fourth-order valence-corrected chi connectivity index (χ4v) is 2.04. The highest BCUT2D eigenvalue weighted by atomic mass is 16.5. The minimum absolute atomic E-state index is 0.104. The molecule has 0 N–H and O–H groups in total. The van der Waals surface area contributed by atoms with E-state index in [0.717, 1.165) is 6.42 Å². The lowest BCUT2D eigenvalue weighted by atomic mass is 10.0. The molecule has 114 valence electrons. The Labute approximate surface area is 124 Å². The third-order valence-corrected chi connectivity index (χ3v) is 3.16. The first-order valence-electron chi connectivity index (χ1n) is 7.23. The van der Waals surface area contributed by atoms with Crippen LogP contribution in [0.25, 0.3) is 0 Å². The van der Waals surface area contributed by atoms with E-state index in [1.54, 1.807) is 18.2 Å². The molecule has 0 spiro atoms. The first-order chi connectivity index (χ1) is 10.2. The molecular formula is C16H20O5. The van der Waals surface area contributed by atoms with Crippen LogP contribution in [0.4, 0.5) is 0 Å². The van der Waals surface area contributed by atoms with Gasteiger partial charge in [0.2, 0.25) is 0 Å². The van der Waals surface area contributed by atoms with Crippen molar-refractivity contribution in [2.75, 3.05) is 26.4 Å². The predicted octanol–water partition coefficient (Wildman–Crippen LogP) is 2.42. The van der Waals surface area contributed by atoms with E-state index in [1.807, 2.05) is 6.92 Å². The van der Waals surface area contributed by atoms with Crippen molar-refractivity contribution in [2.45, 2.75) is 26.2 Å². The second-order valence-corrected chi connectivity index (χ2v) is 4.80. The minimum atomic E-state index is -0.202. The molecule has 0 aromatic heterocycles. The summed E-state index contributed by atoms with van der Waals surface area (Å²) < 4.78 is 16.2. The zero-order valence-electron chi connectivity index (χ0n) is 12.2. The van der Waals surface area contributed by atoms with Crippen molar-refractivity contribution in [1.29, 1.82) is 0 Å². The van der Waals surface area contributed by atoms with Gasteiger partial charge in [-0.15, -0.1) is 0 Å². The number of fused-ring (bicyclic) bond motifs is 1. The third kappa shape index (κ3) is 4.56. The summed E-state index contributed by atoms with van der Waals surface area (Å²) in [7, 11) is 0. The van der Waals surface area contributed by atoms with Gasteiger partial charge in [-0.25, -0.2) is 0 Å². The van der Waals surface area contributed by atoms with Crippen molar-refractivity contribution < 1.29 is 23.8 Å². The van der Waals surface area contributed by atoms with Crippen molar-refractivity contribution in [3.05, 3.63) is 23.8 Å². The van der Waals surface area contributed by atoms with Gasteiger partial charge >= 0.3 is 0 Å². The molecule has 0 fully saturated rings. The largest absolute Gasteiger partial charge is 0.490 e. The van der Waals surface area contributed by atoms with Crippen LogP contribution in [0.15, 0.2) is 18.2 Å². The van der Waals surface area contributed by atoms with Crippen molar-refractivity contribution >= 4 is 11.6 Å². The fourth-order valence-electron chi connectivity index (χ4n) is 2.04. The standard InChI is InChI=1S/C16H20O5/c1-2-19-9-6-13(17)11-14(18)12-4-5-15-16(10-12)21-8-3-7-20-15/h4-5,10H,2-3,6-9,11H2,1H3. The summed E-state index contributed by atoms with van der Waals surface area (Å²) in [5.41, 5.74) is 0.476. The molecule has 0 amide bonds. The Hall–Kier alpha value is -1.88. The quantitative estimate of drug-likeness (QED) is 0.439. The number of hydrogen-bond acceptors (Lipinski definition) is 5. The number of Topliss-reactive ketones (excluding diaryl/α,β-unsaturated/α-hetero) is 2. The summed E-state index contributed by atoms with van der Waals surface area (Å²) in [5, 5.41) is 0. The molecule has 0 radical (unpaired) electrons. The molecule has 2 rings (SSSR count). The van der Waals surface area contributed by atoms with Gasteiger partial charge in [0.15, 0.2) is 17.3 Å². The monoisotopic (exact) mass is 292 g/mol. The van der Waals surface area contributed by atoms with Crippen LogP contribution in [-0.4, -0.2) is 38.0 Å². The van der Waals surface area contributed by atoms with Crippen LogP contribution in [0.2, 0.25) is 0 Å². The average molecular weight is 292 g/mol. The third-order valence-electron chi connectivity index (χ3n) is 3.16. The lowest BCUT2D eigenvalue weighted by Gasteiger charge is -2.08. The van der Waals surface area contributed by atoms with Crippen LogP contribution in [0.5, 0.6) is 11.5 Å². The summed E-state index contributed by atoms with van der Waals surface area (Å²) in [6.45, 7) is 3.98. The molecule has 0 saturated heterocycles. The first kappa shape index (κ1) is 15.5. The van der Waals surface area contributed by atoms with E-state index in [-0.39, 0.29) is 24.4 Å². The second-order valence-electron chi connectivity index (χ2n) is 4.80. The lowest BCUT2D eigenvalue weighted by Crippen LogP contribution is -2.11. The van der Waals surface area contributed by atoms with Gasteiger partial charge in [-0.05, 0) is 25.1 Å². The van der Waals surface area contributed by atoms with Gasteiger partial charge in [-0.3, -0.25) is 9.59 Å². The summed E-state index contributed by atoms with van der Waals surface area (Å²) in [6, 6.07) is 5.04. The maximum Gasteiger partial charge on any atom is 0.170 e. The highest BCUT2D eigenvalue weighted by Crippen LogP contribution is 2.30. The summed E-state index contributed by atoms with van der Waals surface area (Å²) in [4.78, 5) is 23.8. The lowest BCUT2D eigenvalue weighted by molar-refractivity contribution is -0.119. The average Bonchev–Trinajstić information content (AvgIpc) is 2.71. The Morgan fingerprint density at radius 2 is 1.95 bits per heavy atom. The van der Waals surface area contributed by atoms with Crippen LogP contribution in [0, 0.1) is 0 Å². The van der Waals surface area contributed by atoms with E-state index in [2.05, 4.69) is 0 Å². The number of benzene rings is 1. The minimum Gasteiger partial charge on any atom is -0.490 e. The highest BCUT2D eigenvalue weighted by molar-refractivity contribution is 6.08. The van der Waals surface area contributed by atoms with Crippen LogP contribution < -0.4 is 9.47 Å². The van der Waals surface area contributed by atoms with E-state index >= 15 is 0 Å². The molecule has 1 aromatic rings. The van der Waals surface area contributed by atoms with Gasteiger partial charge < -0.3 is 14.2 Å². The summed E-state index contributed by atoms with van der Waals surface area (Å²) in [6.07, 6.45) is 0.977. The van der Waals surface area contributed by atoms with Gasteiger partial charge in [-0.2, -0.15) is 0 Å². The van der Waals surface area contributed by atoms with E-state index in [0.29, 0.717) is 43.5 Å². The van der Waals surface area contributed by atoms with Crippen molar-refractivity contribution in [1.82, 2.24) is 0 Å². The smallest absolute Gasteiger partial charge is 0.170 e.